The van der Waals surface area contributed by atoms with E-state index >= 15 is 0 Å². The van der Waals surface area contributed by atoms with E-state index in [1.165, 1.54) is 38.8 Å². The Morgan fingerprint density at radius 3 is 2.00 bits per heavy atom. The molecule has 0 heterocycles. The van der Waals surface area contributed by atoms with Gasteiger partial charge in [-0.2, -0.15) is 0 Å². The maximum atomic E-state index is 3.48. The number of hydrogen-bond acceptors (Lipinski definition) is 4. The molecule has 0 unspecified atom stereocenters. The zero-order chi connectivity index (χ0) is 12.8. The van der Waals surface area contributed by atoms with E-state index in [0.29, 0.717) is 0 Å². The van der Waals surface area contributed by atoms with E-state index in [4.69, 9.17) is 0 Å². The van der Waals surface area contributed by atoms with Crippen LogP contribution < -0.4 is 16.0 Å². The number of rotatable bonds is 13. The van der Waals surface area contributed by atoms with Gasteiger partial charge in [-0.05, 0) is 86.1 Å². The van der Waals surface area contributed by atoms with Crippen LogP contribution in [0.15, 0.2) is 0 Å². The molecule has 0 radical (unpaired) electrons. The van der Waals surface area contributed by atoms with Crippen molar-refractivity contribution in [2.24, 2.45) is 0 Å². The molecule has 0 atom stereocenters. The van der Waals surface area contributed by atoms with Crippen molar-refractivity contribution in [3.8, 4) is 0 Å². The number of hydrogen-bond donors (Lipinski definition) is 3. The lowest BCUT2D eigenvalue weighted by Crippen LogP contribution is -2.25. The molecule has 0 fully saturated rings. The molecule has 17 heavy (non-hydrogen) atoms. The molecule has 0 aromatic rings. The minimum atomic E-state index is 1.11. The van der Waals surface area contributed by atoms with E-state index < -0.39 is 0 Å². The molecule has 0 aromatic carbocycles. The van der Waals surface area contributed by atoms with E-state index in [-0.39, 0.29) is 0 Å². The van der Waals surface area contributed by atoms with Crippen molar-refractivity contribution in [1.29, 1.82) is 0 Å². The van der Waals surface area contributed by atoms with Crippen LogP contribution in [-0.4, -0.2) is 65.3 Å². The lowest BCUT2D eigenvalue weighted by molar-refractivity contribution is 0.319. The summed E-state index contributed by atoms with van der Waals surface area (Å²) in [5.41, 5.74) is 0. The molecule has 0 amide bonds. The lowest BCUT2D eigenvalue weighted by Gasteiger charge is -2.16. The quantitative estimate of drug-likeness (QED) is 0.413. The van der Waals surface area contributed by atoms with Crippen LogP contribution in [0.2, 0.25) is 0 Å². The Hall–Kier alpha value is -0.160. The van der Waals surface area contributed by atoms with Crippen LogP contribution in [0.25, 0.3) is 0 Å². The smallest absolute Gasteiger partial charge is 0.000969 e. The van der Waals surface area contributed by atoms with Gasteiger partial charge >= 0.3 is 0 Å². The molecule has 4 nitrogen and oxygen atoms in total. The molecule has 0 saturated heterocycles. The Kier molecular flexibility index (Phi) is 13.8. The van der Waals surface area contributed by atoms with Gasteiger partial charge in [-0.15, -0.1) is 0 Å². The first-order valence-electron chi connectivity index (χ1n) is 6.99. The number of unbranched alkanes of at least 4 members (excludes halogenated alkanes) is 1. The number of nitrogens with zero attached hydrogens (tertiary/aromatic N) is 1. The monoisotopic (exact) mass is 244 g/mol. The molecular weight excluding hydrogens is 212 g/mol. The van der Waals surface area contributed by atoms with E-state index in [2.05, 4.69) is 27.9 Å². The van der Waals surface area contributed by atoms with Gasteiger partial charge in [-0.25, -0.2) is 0 Å². The van der Waals surface area contributed by atoms with Gasteiger partial charge in [0, 0.05) is 0 Å². The zero-order valence-corrected chi connectivity index (χ0v) is 12.0. The van der Waals surface area contributed by atoms with Crippen LogP contribution >= 0.6 is 0 Å². The van der Waals surface area contributed by atoms with Crippen molar-refractivity contribution in [2.75, 3.05) is 60.4 Å². The first kappa shape index (κ1) is 16.8. The first-order valence-corrected chi connectivity index (χ1v) is 6.99. The fourth-order valence-electron chi connectivity index (χ4n) is 1.78. The Bertz CT molecular complexity index is 141. The van der Waals surface area contributed by atoms with Gasteiger partial charge in [0.2, 0.25) is 0 Å². The van der Waals surface area contributed by atoms with Gasteiger partial charge in [0.1, 0.15) is 0 Å². The standard InChI is InChI=1S/C13H32N4/c1-14-8-6-11-16-10-4-5-12-17(3)13-7-9-15-2/h14-16H,4-13H2,1-3H3. The molecule has 0 aliphatic rings. The van der Waals surface area contributed by atoms with E-state index in [9.17, 15) is 0 Å². The van der Waals surface area contributed by atoms with Crippen molar-refractivity contribution in [3.05, 3.63) is 0 Å². The average Bonchev–Trinajstić information content (AvgIpc) is 2.33. The second-order valence-corrected chi connectivity index (χ2v) is 4.67. The maximum absolute atomic E-state index is 3.48. The second kappa shape index (κ2) is 13.9. The Morgan fingerprint density at radius 2 is 1.29 bits per heavy atom. The van der Waals surface area contributed by atoms with Crippen molar-refractivity contribution in [1.82, 2.24) is 20.9 Å². The van der Waals surface area contributed by atoms with Gasteiger partial charge in [-0.3, -0.25) is 0 Å². The Morgan fingerprint density at radius 1 is 0.706 bits per heavy atom. The van der Waals surface area contributed by atoms with Crippen LogP contribution in [0.3, 0.4) is 0 Å². The summed E-state index contributed by atoms with van der Waals surface area (Å²) in [5.74, 6) is 0. The molecule has 4 heteroatoms. The van der Waals surface area contributed by atoms with Crippen LogP contribution in [0.4, 0.5) is 0 Å². The third-order valence-corrected chi connectivity index (χ3v) is 2.89. The SMILES string of the molecule is CNCCCNCCCCN(C)CCCNC. The lowest BCUT2D eigenvalue weighted by atomic mass is 10.2. The fourth-order valence-corrected chi connectivity index (χ4v) is 1.78. The molecular formula is C13H32N4. The summed E-state index contributed by atoms with van der Waals surface area (Å²) in [4.78, 5) is 2.43. The average molecular weight is 244 g/mol. The van der Waals surface area contributed by atoms with Gasteiger partial charge in [-0.1, -0.05) is 0 Å². The molecule has 0 aliphatic carbocycles. The van der Waals surface area contributed by atoms with Crippen LogP contribution in [-0.2, 0) is 0 Å². The predicted octanol–water partition coefficient (Wildman–Crippen LogP) is 0.507. The van der Waals surface area contributed by atoms with Crippen molar-refractivity contribution < 1.29 is 0 Å². The third kappa shape index (κ3) is 13.8. The highest BCUT2D eigenvalue weighted by Gasteiger charge is 1.97. The predicted molar refractivity (Wildman–Crippen MR) is 76.7 cm³/mol. The Balaban J connectivity index is 3.05. The molecule has 0 saturated carbocycles. The normalized spacial score (nSPS) is 11.3. The summed E-state index contributed by atoms with van der Waals surface area (Å²) in [6, 6.07) is 0. The van der Waals surface area contributed by atoms with E-state index in [1.54, 1.807) is 0 Å². The highest BCUT2D eigenvalue weighted by atomic mass is 15.1. The second-order valence-electron chi connectivity index (χ2n) is 4.67. The van der Waals surface area contributed by atoms with Gasteiger partial charge in [0.25, 0.3) is 0 Å². The van der Waals surface area contributed by atoms with Crippen LogP contribution in [0.5, 0.6) is 0 Å². The topological polar surface area (TPSA) is 39.3 Å². The van der Waals surface area contributed by atoms with Crippen LogP contribution in [0.1, 0.15) is 25.7 Å². The minimum absolute atomic E-state index is 1.11. The van der Waals surface area contributed by atoms with Crippen molar-refractivity contribution in [3.63, 3.8) is 0 Å². The molecule has 0 spiro atoms. The third-order valence-electron chi connectivity index (χ3n) is 2.89. The van der Waals surface area contributed by atoms with E-state index in [0.717, 1.165) is 26.2 Å². The highest BCUT2D eigenvalue weighted by molar-refractivity contribution is 4.55. The maximum Gasteiger partial charge on any atom is -0.000969 e. The van der Waals surface area contributed by atoms with Crippen molar-refractivity contribution >= 4 is 0 Å². The molecule has 0 aromatic heterocycles. The van der Waals surface area contributed by atoms with Gasteiger partial charge < -0.3 is 20.9 Å². The minimum Gasteiger partial charge on any atom is -0.320 e. The summed E-state index contributed by atoms with van der Waals surface area (Å²) in [5, 5.41) is 9.82. The molecule has 104 valence electrons. The summed E-state index contributed by atoms with van der Waals surface area (Å²) < 4.78 is 0. The summed E-state index contributed by atoms with van der Waals surface area (Å²) >= 11 is 0. The van der Waals surface area contributed by atoms with Crippen molar-refractivity contribution in [2.45, 2.75) is 25.7 Å². The summed E-state index contributed by atoms with van der Waals surface area (Å²) in [7, 11) is 6.24. The molecule has 0 aliphatic heterocycles. The largest absolute Gasteiger partial charge is 0.320 e. The molecule has 3 N–H and O–H groups in total. The molecule has 0 rings (SSSR count). The van der Waals surface area contributed by atoms with E-state index in [1.807, 2.05) is 14.1 Å². The first-order chi connectivity index (χ1) is 8.31. The highest BCUT2D eigenvalue weighted by Crippen LogP contribution is 1.93. The zero-order valence-electron chi connectivity index (χ0n) is 12.0. The number of nitrogens with one attached hydrogen (secondary N) is 3. The fraction of sp³-hybridized carbons (Fsp3) is 1.00. The summed E-state index contributed by atoms with van der Waals surface area (Å²) in [6.45, 7) is 6.96. The Labute approximate surface area is 108 Å². The van der Waals surface area contributed by atoms with Gasteiger partial charge in [0.05, 0.1) is 0 Å². The van der Waals surface area contributed by atoms with Gasteiger partial charge in [0.15, 0.2) is 0 Å². The molecule has 0 bridgehead atoms. The van der Waals surface area contributed by atoms with Crippen LogP contribution in [0, 0.1) is 0 Å². The summed E-state index contributed by atoms with van der Waals surface area (Å²) in [6.07, 6.45) is 5.06.